The van der Waals surface area contributed by atoms with Gasteiger partial charge in [-0.3, -0.25) is 4.98 Å². The third-order valence-electron chi connectivity index (χ3n) is 3.38. The lowest BCUT2D eigenvalue weighted by Gasteiger charge is -2.21. The van der Waals surface area contributed by atoms with Crippen molar-refractivity contribution >= 4 is 23.1 Å². The number of fused-ring (bicyclic) bond motifs is 1. The summed E-state index contributed by atoms with van der Waals surface area (Å²) in [5.74, 6) is 0. The lowest BCUT2D eigenvalue weighted by molar-refractivity contribution is -0.137. The molecule has 0 saturated heterocycles. The van der Waals surface area contributed by atoms with Crippen LogP contribution in [-0.2, 0) is 22.2 Å². The first-order valence-electron chi connectivity index (χ1n) is 8.09. The Balaban J connectivity index is 2.24. The van der Waals surface area contributed by atoms with Crippen LogP contribution >= 0.6 is 0 Å². The highest BCUT2D eigenvalue weighted by atomic mass is 19.4. The maximum Gasteiger partial charge on any atom is 0.429 e. The number of hydrogen-bond acceptors (Lipinski definition) is 5. The number of carbonyl (C=O) groups is 2. The summed E-state index contributed by atoms with van der Waals surface area (Å²) in [6.07, 6.45) is -6.11. The van der Waals surface area contributed by atoms with Gasteiger partial charge < -0.3 is 9.47 Å². The number of ether oxygens (including phenoxy) is 2. The maximum atomic E-state index is 12.8. The summed E-state index contributed by atoms with van der Waals surface area (Å²) in [4.78, 5) is 27.8. The van der Waals surface area contributed by atoms with E-state index >= 15 is 0 Å². The topological polar surface area (TPSA) is 80.8 Å². The fourth-order valence-corrected chi connectivity index (χ4v) is 2.22. The second kappa shape index (κ2) is 8.56. The third kappa shape index (κ3) is 5.47. The minimum atomic E-state index is -4.45. The zero-order valence-corrected chi connectivity index (χ0v) is 14.7. The smallest absolute Gasteiger partial charge is 0.429 e. The molecule has 10 heteroatoms. The van der Waals surface area contributed by atoms with Crippen molar-refractivity contribution in [2.45, 2.75) is 26.6 Å². The van der Waals surface area contributed by atoms with Gasteiger partial charge in [-0.1, -0.05) is 6.07 Å². The standard InChI is InChI=1S/C17H18F3N3O4/c1-3-26-15(24)22-23(16(25)27-4-2)10-13-7-5-11-9-12(17(18,19)20)6-8-14(11)21-13/h5-9H,3-4,10H2,1-2H3,(H,22,24). The van der Waals surface area contributed by atoms with E-state index in [4.69, 9.17) is 9.47 Å². The molecule has 2 rings (SSSR count). The van der Waals surface area contributed by atoms with E-state index in [1.54, 1.807) is 13.8 Å². The minimum Gasteiger partial charge on any atom is -0.449 e. The van der Waals surface area contributed by atoms with Gasteiger partial charge in [-0.15, -0.1) is 0 Å². The van der Waals surface area contributed by atoms with Crippen LogP contribution in [-0.4, -0.2) is 35.4 Å². The van der Waals surface area contributed by atoms with Gasteiger partial charge in [0.15, 0.2) is 0 Å². The molecule has 0 aliphatic heterocycles. The molecule has 1 N–H and O–H groups in total. The summed E-state index contributed by atoms with van der Waals surface area (Å²) in [5, 5.41) is 1.18. The van der Waals surface area contributed by atoms with Crippen molar-refractivity contribution in [2.24, 2.45) is 0 Å². The number of hydrazine groups is 1. The molecule has 0 atom stereocenters. The second-order valence-electron chi connectivity index (χ2n) is 5.33. The quantitative estimate of drug-likeness (QED) is 0.808. The number of nitrogens with one attached hydrogen (secondary N) is 1. The molecule has 1 heterocycles. The number of halogens is 3. The molecule has 0 radical (unpaired) electrons. The van der Waals surface area contributed by atoms with Crippen LogP contribution in [0, 0.1) is 0 Å². The van der Waals surface area contributed by atoms with E-state index in [9.17, 15) is 22.8 Å². The number of aromatic nitrogens is 1. The Morgan fingerprint density at radius 1 is 1.11 bits per heavy atom. The Labute approximate surface area is 153 Å². The molecule has 0 spiro atoms. The maximum absolute atomic E-state index is 12.8. The van der Waals surface area contributed by atoms with Crippen LogP contribution in [0.15, 0.2) is 30.3 Å². The Morgan fingerprint density at radius 3 is 2.44 bits per heavy atom. The monoisotopic (exact) mass is 385 g/mol. The van der Waals surface area contributed by atoms with Gasteiger partial charge in [-0.2, -0.15) is 13.2 Å². The van der Waals surface area contributed by atoms with E-state index in [-0.39, 0.29) is 19.8 Å². The zero-order chi connectivity index (χ0) is 20.0. The average molecular weight is 385 g/mol. The van der Waals surface area contributed by atoms with Crippen molar-refractivity contribution in [3.8, 4) is 0 Å². The molecule has 0 aliphatic rings. The van der Waals surface area contributed by atoms with Crippen molar-refractivity contribution in [3.63, 3.8) is 0 Å². The molecule has 146 valence electrons. The SMILES string of the molecule is CCOC(=O)NN(Cc1ccc2cc(C(F)(F)F)ccc2n1)C(=O)OCC. The molecule has 1 aromatic heterocycles. The number of nitrogens with zero attached hydrogens (tertiary/aromatic N) is 2. The lowest BCUT2D eigenvalue weighted by Crippen LogP contribution is -2.46. The summed E-state index contributed by atoms with van der Waals surface area (Å²) in [7, 11) is 0. The highest BCUT2D eigenvalue weighted by molar-refractivity contribution is 5.79. The number of benzene rings is 1. The van der Waals surface area contributed by atoms with Gasteiger partial charge in [0.2, 0.25) is 0 Å². The molecule has 7 nitrogen and oxygen atoms in total. The van der Waals surface area contributed by atoms with E-state index in [0.717, 1.165) is 17.1 Å². The molecule has 0 bridgehead atoms. The Bertz CT molecular complexity index is 827. The van der Waals surface area contributed by atoms with Gasteiger partial charge in [-0.05, 0) is 38.1 Å². The third-order valence-corrected chi connectivity index (χ3v) is 3.38. The lowest BCUT2D eigenvalue weighted by atomic mass is 10.1. The van der Waals surface area contributed by atoms with Crippen LogP contribution in [0.5, 0.6) is 0 Å². The molecule has 0 unspecified atom stereocenters. The first kappa shape index (κ1) is 20.3. The summed E-state index contributed by atoms with van der Waals surface area (Å²) in [5.41, 5.74) is 2.12. The van der Waals surface area contributed by atoms with E-state index in [1.807, 2.05) is 0 Å². The number of pyridine rings is 1. The molecule has 27 heavy (non-hydrogen) atoms. The summed E-state index contributed by atoms with van der Waals surface area (Å²) < 4.78 is 47.9. The Kier molecular flexibility index (Phi) is 6.43. The summed E-state index contributed by atoms with van der Waals surface area (Å²) in [6.45, 7) is 3.25. The molecule has 0 fully saturated rings. The van der Waals surface area contributed by atoms with Crippen LogP contribution in [0.1, 0.15) is 25.1 Å². The van der Waals surface area contributed by atoms with Crippen LogP contribution in [0.3, 0.4) is 0 Å². The first-order chi connectivity index (χ1) is 12.7. The van der Waals surface area contributed by atoms with Gasteiger partial charge in [0.25, 0.3) is 0 Å². The summed E-state index contributed by atoms with van der Waals surface area (Å²) >= 11 is 0. The van der Waals surface area contributed by atoms with E-state index in [2.05, 4.69) is 10.4 Å². The molecule has 0 aliphatic carbocycles. The van der Waals surface area contributed by atoms with Gasteiger partial charge in [0.1, 0.15) is 0 Å². The highest BCUT2D eigenvalue weighted by Gasteiger charge is 2.30. The largest absolute Gasteiger partial charge is 0.449 e. The van der Waals surface area contributed by atoms with Crippen LogP contribution in [0.2, 0.25) is 0 Å². The van der Waals surface area contributed by atoms with Gasteiger partial charge in [0.05, 0.1) is 36.5 Å². The van der Waals surface area contributed by atoms with Crippen molar-refractivity contribution in [1.82, 2.24) is 15.4 Å². The average Bonchev–Trinajstić information content (AvgIpc) is 2.60. The predicted molar refractivity (Wildman–Crippen MR) is 89.5 cm³/mol. The van der Waals surface area contributed by atoms with Gasteiger partial charge >= 0.3 is 18.4 Å². The number of carbonyl (C=O) groups excluding carboxylic acids is 2. The number of alkyl halides is 3. The molecule has 0 saturated carbocycles. The fourth-order valence-electron chi connectivity index (χ4n) is 2.22. The number of hydrogen-bond donors (Lipinski definition) is 1. The van der Waals surface area contributed by atoms with Crippen LogP contribution < -0.4 is 5.43 Å². The molecule has 2 aromatic rings. The van der Waals surface area contributed by atoms with Gasteiger partial charge in [-0.25, -0.2) is 20.0 Å². The minimum absolute atomic E-state index is 0.0885. The number of rotatable bonds is 4. The Hall–Kier alpha value is -3.04. The van der Waals surface area contributed by atoms with Crippen LogP contribution in [0.4, 0.5) is 22.8 Å². The van der Waals surface area contributed by atoms with Crippen molar-refractivity contribution in [2.75, 3.05) is 13.2 Å². The summed E-state index contributed by atoms with van der Waals surface area (Å²) in [6, 6.07) is 6.09. The molecular formula is C17H18F3N3O4. The molecule has 2 amide bonds. The number of amides is 2. The van der Waals surface area contributed by atoms with E-state index < -0.39 is 23.9 Å². The normalized spacial score (nSPS) is 11.1. The van der Waals surface area contributed by atoms with Crippen molar-refractivity contribution in [1.29, 1.82) is 0 Å². The van der Waals surface area contributed by atoms with Crippen molar-refractivity contribution < 1.29 is 32.2 Å². The van der Waals surface area contributed by atoms with Crippen molar-refractivity contribution in [3.05, 3.63) is 41.6 Å². The van der Waals surface area contributed by atoms with Crippen LogP contribution in [0.25, 0.3) is 10.9 Å². The zero-order valence-electron chi connectivity index (χ0n) is 14.7. The molecule has 1 aromatic carbocycles. The van der Waals surface area contributed by atoms with E-state index in [0.29, 0.717) is 16.6 Å². The van der Waals surface area contributed by atoms with Gasteiger partial charge in [0, 0.05) is 5.39 Å². The Morgan fingerprint density at radius 2 is 1.81 bits per heavy atom. The fraction of sp³-hybridized carbons (Fsp3) is 0.353. The predicted octanol–water partition coefficient (Wildman–Crippen LogP) is 3.87. The second-order valence-corrected chi connectivity index (χ2v) is 5.33. The highest BCUT2D eigenvalue weighted by Crippen LogP contribution is 2.31. The van der Waals surface area contributed by atoms with E-state index in [1.165, 1.54) is 18.2 Å². The first-order valence-corrected chi connectivity index (χ1v) is 8.09. The molecular weight excluding hydrogens is 367 g/mol.